The van der Waals surface area contributed by atoms with Gasteiger partial charge in [-0.15, -0.1) is 0 Å². The fraction of sp³-hybridized carbons (Fsp3) is 0.111. The van der Waals surface area contributed by atoms with Gasteiger partial charge in [-0.2, -0.15) is 14.9 Å². The minimum absolute atomic E-state index is 0.401. The van der Waals surface area contributed by atoms with E-state index in [0.29, 0.717) is 10.8 Å². The van der Waals surface area contributed by atoms with Gasteiger partial charge in [-0.1, -0.05) is 11.6 Å². The van der Waals surface area contributed by atoms with Gasteiger partial charge in [0.2, 0.25) is 0 Å². The third kappa shape index (κ3) is 1.20. The Morgan fingerprint density at radius 1 is 1.25 bits per heavy atom. The molecular formula is C9H7ClN6. The Kier molecular flexibility index (Phi) is 1.90. The molecule has 0 fully saturated rings. The first kappa shape index (κ1) is 9.29. The third-order valence-corrected chi connectivity index (χ3v) is 2.63. The second kappa shape index (κ2) is 3.28. The summed E-state index contributed by atoms with van der Waals surface area (Å²) in [5.74, 6) is 0.824. The van der Waals surface area contributed by atoms with Crippen molar-refractivity contribution in [1.29, 1.82) is 0 Å². The zero-order valence-corrected chi connectivity index (χ0v) is 9.13. The maximum absolute atomic E-state index is 5.94. The van der Waals surface area contributed by atoms with Crippen molar-refractivity contribution in [3.8, 4) is 5.82 Å². The molecule has 0 aliphatic carbocycles. The lowest BCUT2D eigenvalue weighted by Crippen LogP contribution is -2.04. The number of halogens is 1. The van der Waals surface area contributed by atoms with E-state index in [4.69, 9.17) is 11.6 Å². The molecule has 16 heavy (non-hydrogen) atoms. The van der Waals surface area contributed by atoms with E-state index in [1.54, 1.807) is 21.8 Å². The molecule has 0 N–H and O–H groups in total. The second-order valence-electron chi connectivity index (χ2n) is 3.27. The topological polar surface area (TPSA) is 61.4 Å². The molecule has 0 aliphatic heterocycles. The van der Waals surface area contributed by atoms with Gasteiger partial charge in [0.15, 0.2) is 11.5 Å². The summed E-state index contributed by atoms with van der Waals surface area (Å²) in [5, 5.41) is 9.44. The van der Waals surface area contributed by atoms with E-state index in [9.17, 15) is 0 Å². The first-order valence-electron chi connectivity index (χ1n) is 4.60. The van der Waals surface area contributed by atoms with Crippen molar-refractivity contribution in [1.82, 2.24) is 29.5 Å². The van der Waals surface area contributed by atoms with Crippen molar-refractivity contribution in [3.63, 3.8) is 0 Å². The molecule has 0 amide bonds. The Hall–Kier alpha value is -1.95. The predicted octanol–water partition coefficient (Wildman–Crippen LogP) is 1.20. The molecule has 0 saturated heterocycles. The maximum Gasteiger partial charge on any atom is 0.169 e. The maximum atomic E-state index is 5.94. The molecule has 0 spiro atoms. The highest BCUT2D eigenvalue weighted by atomic mass is 35.5. The molecule has 3 rings (SSSR count). The summed E-state index contributed by atoms with van der Waals surface area (Å²) in [6.45, 7) is 0. The van der Waals surface area contributed by atoms with Gasteiger partial charge < -0.3 is 0 Å². The number of fused-ring (bicyclic) bond motifs is 1. The monoisotopic (exact) mass is 234 g/mol. The second-order valence-corrected chi connectivity index (χ2v) is 3.63. The Balaban J connectivity index is 2.34. The molecule has 0 bridgehead atoms. The molecule has 80 valence electrons. The largest absolute Gasteiger partial charge is 0.251 e. The van der Waals surface area contributed by atoms with Gasteiger partial charge in [-0.3, -0.25) is 4.68 Å². The molecule has 0 aliphatic rings. The molecule has 3 aromatic heterocycles. The van der Waals surface area contributed by atoms with Crippen LogP contribution in [0.2, 0.25) is 5.15 Å². The summed E-state index contributed by atoms with van der Waals surface area (Å²) >= 11 is 5.94. The predicted molar refractivity (Wildman–Crippen MR) is 58.4 cm³/mol. The first-order chi connectivity index (χ1) is 7.77. The van der Waals surface area contributed by atoms with Crippen LogP contribution in [0.4, 0.5) is 0 Å². The van der Waals surface area contributed by atoms with Crippen LogP contribution in [0.15, 0.2) is 24.8 Å². The SMILES string of the molecule is Cn1nccc1-n1ncc2c(Cl)ncnc21. The van der Waals surface area contributed by atoms with E-state index in [1.165, 1.54) is 6.33 Å². The van der Waals surface area contributed by atoms with Gasteiger partial charge in [-0.05, 0) is 0 Å². The van der Waals surface area contributed by atoms with Crippen molar-refractivity contribution in [2.75, 3.05) is 0 Å². The van der Waals surface area contributed by atoms with Crippen LogP contribution < -0.4 is 0 Å². The number of rotatable bonds is 1. The zero-order valence-electron chi connectivity index (χ0n) is 8.37. The molecule has 0 radical (unpaired) electrons. The molecular weight excluding hydrogens is 228 g/mol. The van der Waals surface area contributed by atoms with E-state index in [-0.39, 0.29) is 0 Å². The Bertz CT molecular complexity index is 655. The van der Waals surface area contributed by atoms with Gasteiger partial charge >= 0.3 is 0 Å². The Morgan fingerprint density at radius 2 is 2.12 bits per heavy atom. The molecule has 0 aromatic carbocycles. The number of aromatic nitrogens is 6. The van der Waals surface area contributed by atoms with E-state index < -0.39 is 0 Å². The summed E-state index contributed by atoms with van der Waals surface area (Å²) in [6, 6.07) is 1.85. The number of nitrogens with zero attached hydrogens (tertiary/aromatic N) is 6. The minimum atomic E-state index is 0.401. The third-order valence-electron chi connectivity index (χ3n) is 2.33. The van der Waals surface area contributed by atoms with Crippen LogP contribution in [-0.2, 0) is 7.05 Å². The molecule has 3 aromatic rings. The lowest BCUT2D eigenvalue weighted by atomic mass is 10.4. The summed E-state index contributed by atoms with van der Waals surface area (Å²) in [4.78, 5) is 8.07. The Labute approximate surface area is 95.5 Å². The van der Waals surface area contributed by atoms with Crippen molar-refractivity contribution in [2.45, 2.75) is 0 Å². The normalized spacial score (nSPS) is 11.1. The van der Waals surface area contributed by atoms with Gasteiger partial charge in [0.1, 0.15) is 11.5 Å². The minimum Gasteiger partial charge on any atom is -0.251 e. The quantitative estimate of drug-likeness (QED) is 0.594. The van der Waals surface area contributed by atoms with E-state index in [2.05, 4.69) is 20.2 Å². The van der Waals surface area contributed by atoms with Gasteiger partial charge in [0.05, 0.1) is 17.8 Å². The summed E-state index contributed by atoms with van der Waals surface area (Å²) < 4.78 is 3.39. The van der Waals surface area contributed by atoms with Crippen LogP contribution in [0.1, 0.15) is 0 Å². The van der Waals surface area contributed by atoms with Crippen LogP contribution in [0.5, 0.6) is 0 Å². The highest BCUT2D eigenvalue weighted by Gasteiger charge is 2.11. The molecule has 0 saturated carbocycles. The first-order valence-corrected chi connectivity index (χ1v) is 4.98. The van der Waals surface area contributed by atoms with Crippen LogP contribution in [0.3, 0.4) is 0 Å². The average molecular weight is 235 g/mol. The lowest BCUT2D eigenvalue weighted by Gasteiger charge is -2.02. The van der Waals surface area contributed by atoms with Gasteiger partial charge in [0, 0.05) is 13.1 Å². The fourth-order valence-electron chi connectivity index (χ4n) is 1.56. The van der Waals surface area contributed by atoms with Gasteiger partial charge in [-0.25, -0.2) is 9.97 Å². The summed E-state index contributed by atoms with van der Waals surface area (Å²) in [6.07, 6.45) is 4.76. The standard InChI is InChI=1S/C9H7ClN6/c1-15-7(2-3-13-15)16-9-6(4-14-16)8(10)11-5-12-9/h2-5H,1H3. The molecule has 0 unspecified atom stereocenters. The fourth-order valence-corrected chi connectivity index (χ4v) is 1.73. The van der Waals surface area contributed by atoms with E-state index in [1.807, 2.05) is 13.1 Å². The van der Waals surface area contributed by atoms with Gasteiger partial charge in [0.25, 0.3) is 0 Å². The highest BCUT2D eigenvalue weighted by molar-refractivity contribution is 6.33. The zero-order chi connectivity index (χ0) is 11.1. The van der Waals surface area contributed by atoms with Crippen molar-refractivity contribution in [2.24, 2.45) is 7.05 Å². The molecule has 6 nitrogen and oxygen atoms in total. The average Bonchev–Trinajstić information content (AvgIpc) is 2.84. The van der Waals surface area contributed by atoms with E-state index >= 15 is 0 Å². The van der Waals surface area contributed by atoms with E-state index in [0.717, 1.165) is 11.2 Å². The van der Waals surface area contributed by atoms with Crippen molar-refractivity contribution in [3.05, 3.63) is 29.9 Å². The highest BCUT2D eigenvalue weighted by Crippen LogP contribution is 2.20. The van der Waals surface area contributed by atoms with Crippen LogP contribution in [0, 0.1) is 0 Å². The Morgan fingerprint density at radius 3 is 2.88 bits per heavy atom. The summed E-state index contributed by atoms with van der Waals surface area (Å²) in [7, 11) is 1.84. The number of hydrogen-bond donors (Lipinski definition) is 0. The van der Waals surface area contributed by atoms with Crippen molar-refractivity contribution < 1.29 is 0 Å². The van der Waals surface area contributed by atoms with Crippen LogP contribution in [0.25, 0.3) is 16.9 Å². The molecule has 7 heteroatoms. The lowest BCUT2D eigenvalue weighted by molar-refractivity contribution is 0.705. The molecule has 0 atom stereocenters. The number of aryl methyl sites for hydroxylation is 1. The van der Waals surface area contributed by atoms with Crippen LogP contribution in [-0.4, -0.2) is 29.5 Å². The molecule has 3 heterocycles. The number of hydrogen-bond acceptors (Lipinski definition) is 4. The summed E-state index contributed by atoms with van der Waals surface area (Å²) in [5.41, 5.74) is 0.670. The van der Waals surface area contributed by atoms with Crippen LogP contribution >= 0.6 is 11.6 Å². The smallest absolute Gasteiger partial charge is 0.169 e. The van der Waals surface area contributed by atoms with Crippen molar-refractivity contribution >= 4 is 22.6 Å².